The van der Waals surface area contributed by atoms with Gasteiger partial charge in [-0.05, 0) is 30.2 Å². The first-order valence-electron chi connectivity index (χ1n) is 4.52. The second kappa shape index (κ2) is 4.84. The number of hydrogen-bond acceptors (Lipinski definition) is 4. The van der Waals surface area contributed by atoms with E-state index in [0.717, 1.165) is 11.8 Å². The maximum atomic E-state index is 13.3. The lowest BCUT2D eigenvalue weighted by Crippen LogP contribution is -1.89. The highest BCUT2D eigenvalue weighted by Crippen LogP contribution is 2.29. The normalized spacial score (nSPS) is 18.0. The van der Waals surface area contributed by atoms with Crippen LogP contribution in [0.2, 0.25) is 0 Å². The summed E-state index contributed by atoms with van der Waals surface area (Å²) in [5.41, 5.74) is 0.692. The van der Waals surface area contributed by atoms with Crippen LogP contribution in [0.25, 0.3) is 6.08 Å². The maximum Gasteiger partial charge on any atom is 0.244 e. The molecule has 0 atom stereocenters. The lowest BCUT2D eigenvalue weighted by Gasteiger charge is -1.95. The minimum absolute atomic E-state index is 0.132. The van der Waals surface area contributed by atoms with Crippen molar-refractivity contribution < 1.29 is 9.18 Å². The van der Waals surface area contributed by atoms with Crippen LogP contribution < -0.4 is 0 Å². The average molecular weight is 253 g/mol. The Morgan fingerprint density at radius 2 is 2.19 bits per heavy atom. The predicted molar refractivity (Wildman–Crippen MR) is 67.9 cm³/mol. The van der Waals surface area contributed by atoms with Gasteiger partial charge < -0.3 is 0 Å². The van der Waals surface area contributed by atoms with E-state index in [0.29, 0.717) is 15.6 Å². The lowest BCUT2D eigenvalue weighted by atomic mass is 10.2. The summed E-state index contributed by atoms with van der Waals surface area (Å²) in [6.45, 7) is 0. The minimum Gasteiger partial charge on any atom is -0.279 e. The fourth-order valence-electron chi connectivity index (χ4n) is 1.22. The number of halogens is 1. The van der Waals surface area contributed by atoms with Gasteiger partial charge in [0.25, 0.3) is 0 Å². The molecule has 1 heterocycles. The third-order valence-electron chi connectivity index (χ3n) is 1.97. The standard InChI is InChI=1S/C11H8FNOS2/c1-15-11-13-9(10(14)16-11)6-7-4-2-3-5-8(7)12/h2-6H,1H3/b9-6+. The molecule has 0 fully saturated rings. The number of benzene rings is 1. The molecule has 0 amide bonds. The molecule has 0 radical (unpaired) electrons. The number of carbonyl (C=O) groups excluding carboxylic acids is 1. The second-order valence-corrected chi connectivity index (χ2v) is 5.04. The summed E-state index contributed by atoms with van der Waals surface area (Å²) in [4.78, 5) is 15.6. The molecule has 0 saturated heterocycles. The van der Waals surface area contributed by atoms with Crippen molar-refractivity contribution in [1.29, 1.82) is 0 Å². The third-order valence-corrected chi connectivity index (χ3v) is 3.82. The van der Waals surface area contributed by atoms with Gasteiger partial charge in [-0.2, -0.15) is 0 Å². The van der Waals surface area contributed by atoms with Gasteiger partial charge in [0.15, 0.2) is 0 Å². The molecule has 0 unspecified atom stereocenters. The molecular weight excluding hydrogens is 245 g/mol. The Balaban J connectivity index is 2.35. The number of nitrogens with zero attached hydrogens (tertiary/aromatic N) is 1. The molecule has 0 aliphatic carbocycles. The largest absolute Gasteiger partial charge is 0.279 e. The maximum absolute atomic E-state index is 13.3. The lowest BCUT2D eigenvalue weighted by molar-refractivity contribution is -0.107. The Morgan fingerprint density at radius 1 is 1.44 bits per heavy atom. The smallest absolute Gasteiger partial charge is 0.244 e. The summed E-state index contributed by atoms with van der Waals surface area (Å²) < 4.78 is 14.0. The van der Waals surface area contributed by atoms with Crippen molar-refractivity contribution in [2.45, 2.75) is 0 Å². The molecule has 16 heavy (non-hydrogen) atoms. The first kappa shape index (κ1) is 11.4. The van der Waals surface area contributed by atoms with Gasteiger partial charge >= 0.3 is 0 Å². The van der Waals surface area contributed by atoms with Gasteiger partial charge in [-0.15, -0.1) is 11.8 Å². The Hall–Kier alpha value is -1.07. The van der Waals surface area contributed by atoms with Crippen LogP contribution in [0.15, 0.2) is 35.0 Å². The van der Waals surface area contributed by atoms with Crippen LogP contribution >= 0.6 is 23.5 Å². The molecule has 82 valence electrons. The molecular formula is C11H8FNOS2. The molecule has 0 N–H and O–H groups in total. The van der Waals surface area contributed by atoms with Gasteiger partial charge in [0.1, 0.15) is 15.9 Å². The molecule has 0 spiro atoms. The Kier molecular flexibility index (Phi) is 3.46. The fourth-order valence-corrected chi connectivity index (χ4v) is 2.48. The molecule has 1 aliphatic heterocycles. The van der Waals surface area contributed by atoms with Gasteiger partial charge in [0.2, 0.25) is 5.12 Å². The van der Waals surface area contributed by atoms with E-state index in [4.69, 9.17) is 0 Å². The molecule has 2 rings (SSSR count). The summed E-state index contributed by atoms with van der Waals surface area (Å²) >= 11 is 2.49. The molecule has 1 aliphatic rings. The molecule has 5 heteroatoms. The van der Waals surface area contributed by atoms with E-state index in [1.807, 2.05) is 6.26 Å². The second-order valence-electron chi connectivity index (χ2n) is 3.02. The van der Waals surface area contributed by atoms with Crippen molar-refractivity contribution in [3.8, 4) is 0 Å². The monoisotopic (exact) mass is 253 g/mol. The van der Waals surface area contributed by atoms with Gasteiger partial charge in [0, 0.05) is 5.56 Å². The van der Waals surface area contributed by atoms with Crippen molar-refractivity contribution in [2.24, 2.45) is 4.99 Å². The summed E-state index contributed by atoms with van der Waals surface area (Å²) in [6, 6.07) is 6.31. The van der Waals surface area contributed by atoms with Gasteiger partial charge in [-0.25, -0.2) is 9.38 Å². The molecule has 1 aromatic rings. The van der Waals surface area contributed by atoms with Gasteiger partial charge in [0.05, 0.1) is 0 Å². The summed E-state index contributed by atoms with van der Waals surface area (Å²) in [5, 5.41) is -0.132. The highest BCUT2D eigenvalue weighted by molar-refractivity contribution is 8.45. The SMILES string of the molecule is CSC1=N/C(=C/c2ccccc2F)C(=O)S1. The number of rotatable bonds is 1. The van der Waals surface area contributed by atoms with Crippen LogP contribution in [0.1, 0.15) is 5.56 Å². The Bertz CT molecular complexity index is 497. The van der Waals surface area contributed by atoms with Crippen LogP contribution in [0.3, 0.4) is 0 Å². The third kappa shape index (κ3) is 2.36. The van der Waals surface area contributed by atoms with E-state index in [-0.39, 0.29) is 10.9 Å². The summed E-state index contributed by atoms with van der Waals surface area (Å²) in [6.07, 6.45) is 3.33. The molecule has 1 aromatic carbocycles. The van der Waals surface area contributed by atoms with E-state index >= 15 is 0 Å². The summed E-state index contributed by atoms with van der Waals surface area (Å²) in [7, 11) is 0. The van der Waals surface area contributed by atoms with Crippen LogP contribution in [-0.2, 0) is 4.79 Å². The first-order valence-corrected chi connectivity index (χ1v) is 6.56. The van der Waals surface area contributed by atoms with Crippen molar-refractivity contribution >= 4 is 39.1 Å². The highest BCUT2D eigenvalue weighted by Gasteiger charge is 2.21. The van der Waals surface area contributed by atoms with Crippen LogP contribution in [0.4, 0.5) is 4.39 Å². The van der Waals surface area contributed by atoms with Crippen molar-refractivity contribution in [3.05, 3.63) is 41.3 Å². The van der Waals surface area contributed by atoms with E-state index in [1.165, 1.54) is 23.9 Å². The topological polar surface area (TPSA) is 29.4 Å². The molecule has 0 bridgehead atoms. The summed E-state index contributed by atoms with van der Waals surface area (Å²) in [5.74, 6) is -0.347. The quantitative estimate of drug-likeness (QED) is 0.720. The Labute approximate surface area is 101 Å². The molecule has 2 nitrogen and oxygen atoms in total. The zero-order valence-corrected chi connectivity index (χ0v) is 10.1. The van der Waals surface area contributed by atoms with E-state index < -0.39 is 0 Å². The van der Waals surface area contributed by atoms with E-state index in [9.17, 15) is 9.18 Å². The van der Waals surface area contributed by atoms with Crippen molar-refractivity contribution in [3.63, 3.8) is 0 Å². The van der Waals surface area contributed by atoms with Gasteiger partial charge in [-0.1, -0.05) is 18.2 Å². The zero-order valence-electron chi connectivity index (χ0n) is 8.44. The predicted octanol–water partition coefficient (Wildman–Crippen LogP) is 3.16. The van der Waals surface area contributed by atoms with Crippen molar-refractivity contribution in [1.82, 2.24) is 0 Å². The van der Waals surface area contributed by atoms with E-state index in [2.05, 4.69) is 4.99 Å². The first-order chi connectivity index (χ1) is 7.70. The Morgan fingerprint density at radius 3 is 2.81 bits per heavy atom. The number of thioether (sulfide) groups is 2. The zero-order chi connectivity index (χ0) is 11.5. The highest BCUT2D eigenvalue weighted by atomic mass is 32.2. The number of aliphatic imine (C=N–C) groups is 1. The number of carbonyl (C=O) groups is 1. The number of hydrogen-bond donors (Lipinski definition) is 0. The molecule has 0 aromatic heterocycles. The minimum atomic E-state index is -0.347. The van der Waals surface area contributed by atoms with Crippen LogP contribution in [0, 0.1) is 5.82 Å². The van der Waals surface area contributed by atoms with Crippen LogP contribution in [0.5, 0.6) is 0 Å². The van der Waals surface area contributed by atoms with Crippen LogP contribution in [-0.4, -0.2) is 15.7 Å². The van der Waals surface area contributed by atoms with Crippen molar-refractivity contribution in [2.75, 3.05) is 6.26 Å². The molecule has 0 saturated carbocycles. The fraction of sp³-hybridized carbons (Fsp3) is 0.0909. The van der Waals surface area contributed by atoms with Gasteiger partial charge in [-0.3, -0.25) is 4.79 Å². The van der Waals surface area contributed by atoms with E-state index in [1.54, 1.807) is 18.2 Å². The average Bonchev–Trinajstić information content (AvgIpc) is 2.63.